The third-order valence-electron chi connectivity index (χ3n) is 5.74. The number of carbonyl (C=O) groups excluding carboxylic acids is 2. The number of H-pyrrole nitrogens is 1. The molecule has 2 aromatic heterocycles. The van der Waals surface area contributed by atoms with E-state index in [1.54, 1.807) is 34.6 Å². The maximum Gasteiger partial charge on any atom is 0.323 e. The van der Waals surface area contributed by atoms with Crippen molar-refractivity contribution in [2.75, 3.05) is 24.7 Å². The number of aromatic nitrogens is 4. The Morgan fingerprint density at radius 1 is 1.40 bits per heavy atom. The van der Waals surface area contributed by atoms with Crippen molar-refractivity contribution >= 4 is 70.0 Å². The standard InChI is InChI=1S/C23H35ClFN6O8PS2/c1-11(2)38-18(34)12(3)30-40(41,36-7-8-42-20(35)22(4,5)6)37-9-13-15(32)23(24,25)19(39-13)31-10-27-14-16(31)28-21(26)29-17(14)33/h10-13,15,19,32H,7-9H2,1-6H3,(H,30,41)(H3,26,28,29,33)/t12-,13-,15-,19-,23+,40+/m1/s1. The van der Waals surface area contributed by atoms with E-state index in [0.717, 1.165) is 22.7 Å². The van der Waals surface area contributed by atoms with E-state index in [-0.39, 0.29) is 40.7 Å². The summed E-state index contributed by atoms with van der Waals surface area (Å²) in [5.74, 6) is -0.617. The van der Waals surface area contributed by atoms with Crippen LogP contribution in [0.3, 0.4) is 0 Å². The van der Waals surface area contributed by atoms with E-state index in [9.17, 15) is 19.5 Å². The van der Waals surface area contributed by atoms with Gasteiger partial charge in [-0.05, 0) is 32.6 Å². The molecule has 1 saturated heterocycles. The molecule has 0 bridgehead atoms. The third kappa shape index (κ3) is 8.27. The first kappa shape index (κ1) is 34.8. The lowest BCUT2D eigenvalue weighted by Crippen LogP contribution is -2.39. The lowest BCUT2D eigenvalue weighted by Gasteiger charge is -2.28. The number of carbonyl (C=O) groups is 2. The molecule has 0 aromatic carbocycles. The van der Waals surface area contributed by atoms with Crippen LogP contribution in [0.25, 0.3) is 11.2 Å². The molecule has 14 nitrogen and oxygen atoms in total. The number of rotatable bonds is 12. The number of nitrogens with zero attached hydrogens (tertiary/aromatic N) is 3. The Balaban J connectivity index is 1.77. The molecule has 6 atom stereocenters. The van der Waals surface area contributed by atoms with Crippen LogP contribution in [-0.2, 0) is 39.9 Å². The van der Waals surface area contributed by atoms with E-state index in [2.05, 4.69) is 20.0 Å². The molecule has 2 aromatic rings. The zero-order chi connectivity index (χ0) is 31.6. The van der Waals surface area contributed by atoms with Gasteiger partial charge >= 0.3 is 5.97 Å². The average molecular weight is 673 g/mol. The number of thioether (sulfide) groups is 1. The van der Waals surface area contributed by atoms with Crippen LogP contribution in [0.5, 0.6) is 0 Å². The average Bonchev–Trinajstić information content (AvgIpc) is 3.37. The molecule has 1 aliphatic rings. The number of aliphatic hydroxyl groups is 1. The molecular weight excluding hydrogens is 638 g/mol. The summed E-state index contributed by atoms with van der Waals surface area (Å²) >= 11 is 12.8. The number of hydrogen-bond donors (Lipinski definition) is 4. The van der Waals surface area contributed by atoms with Gasteiger partial charge in [0.05, 0.1) is 25.6 Å². The van der Waals surface area contributed by atoms with E-state index in [0.29, 0.717) is 0 Å². The molecule has 0 radical (unpaired) electrons. The van der Waals surface area contributed by atoms with Crippen molar-refractivity contribution in [3.05, 3.63) is 16.7 Å². The van der Waals surface area contributed by atoms with Gasteiger partial charge in [-0.3, -0.25) is 23.9 Å². The van der Waals surface area contributed by atoms with E-state index in [1.165, 1.54) is 6.92 Å². The molecule has 0 saturated carbocycles. The second-order valence-electron chi connectivity index (χ2n) is 10.8. The van der Waals surface area contributed by atoms with Gasteiger partial charge in [-0.1, -0.05) is 44.1 Å². The second-order valence-corrected chi connectivity index (χ2v) is 15.6. The number of aromatic amines is 1. The molecule has 0 amide bonds. The fourth-order valence-electron chi connectivity index (χ4n) is 3.64. The normalized spacial score (nSPS) is 25.0. The van der Waals surface area contributed by atoms with Crippen LogP contribution in [0.1, 0.15) is 47.8 Å². The minimum atomic E-state index is -3.52. The van der Waals surface area contributed by atoms with Crippen molar-refractivity contribution < 1.29 is 37.6 Å². The molecule has 42 heavy (non-hydrogen) atoms. The summed E-state index contributed by atoms with van der Waals surface area (Å²) in [7, 11) is 0. The minimum Gasteiger partial charge on any atom is -0.462 e. The number of alkyl halides is 2. The summed E-state index contributed by atoms with van der Waals surface area (Å²) < 4.78 is 39.3. The zero-order valence-corrected chi connectivity index (χ0v) is 27.1. The van der Waals surface area contributed by atoms with Gasteiger partial charge in [0.1, 0.15) is 18.2 Å². The van der Waals surface area contributed by atoms with E-state index < -0.39 is 59.8 Å². The van der Waals surface area contributed by atoms with Gasteiger partial charge in [-0.25, -0.2) is 14.5 Å². The lowest BCUT2D eigenvalue weighted by atomic mass is 10.00. The van der Waals surface area contributed by atoms with Crippen molar-refractivity contribution in [3.8, 4) is 0 Å². The van der Waals surface area contributed by atoms with Crippen molar-refractivity contribution in [1.29, 1.82) is 0 Å². The number of nitrogens with one attached hydrogen (secondary N) is 2. The highest BCUT2D eigenvalue weighted by molar-refractivity contribution is 8.13. The number of ether oxygens (including phenoxy) is 2. The Labute approximate surface area is 255 Å². The molecule has 1 aliphatic heterocycles. The summed E-state index contributed by atoms with van der Waals surface area (Å²) in [6.45, 7) is 6.19. The first-order chi connectivity index (χ1) is 19.4. The third-order valence-corrected chi connectivity index (χ3v) is 10.1. The van der Waals surface area contributed by atoms with Crippen LogP contribution in [0.15, 0.2) is 11.1 Å². The van der Waals surface area contributed by atoms with Crippen molar-refractivity contribution in [1.82, 2.24) is 24.6 Å². The Morgan fingerprint density at radius 3 is 2.69 bits per heavy atom. The molecule has 0 unspecified atom stereocenters. The quantitative estimate of drug-likeness (QED) is 0.111. The van der Waals surface area contributed by atoms with Gasteiger partial charge in [0, 0.05) is 11.2 Å². The topological polar surface area (TPSA) is 193 Å². The number of aliphatic hydroxyl groups excluding tert-OH is 1. The van der Waals surface area contributed by atoms with Crippen LogP contribution in [-0.4, -0.2) is 84.2 Å². The number of nitrogens with two attached hydrogens (primary N) is 1. The molecule has 3 rings (SSSR count). The highest BCUT2D eigenvalue weighted by Crippen LogP contribution is 2.49. The minimum absolute atomic E-state index is 0.0232. The Kier molecular flexibility index (Phi) is 11.2. The molecule has 5 N–H and O–H groups in total. The number of nitrogen functional groups attached to an aromatic ring is 1. The summed E-state index contributed by atoms with van der Waals surface area (Å²) in [4.78, 5) is 47.0. The molecular formula is C23H35ClFN6O8PS2. The van der Waals surface area contributed by atoms with Gasteiger partial charge in [0.2, 0.25) is 5.95 Å². The fraction of sp³-hybridized carbons (Fsp3) is 0.696. The summed E-state index contributed by atoms with van der Waals surface area (Å²) in [5.41, 5.74) is 4.13. The Hall–Kier alpha value is -1.69. The highest BCUT2D eigenvalue weighted by atomic mass is 35.5. The van der Waals surface area contributed by atoms with E-state index in [4.69, 9.17) is 47.7 Å². The molecule has 236 valence electrons. The highest BCUT2D eigenvalue weighted by Gasteiger charge is 2.58. The number of imidazole rings is 1. The monoisotopic (exact) mass is 672 g/mol. The first-order valence-corrected chi connectivity index (χ1v) is 16.8. The predicted molar refractivity (Wildman–Crippen MR) is 159 cm³/mol. The summed E-state index contributed by atoms with van der Waals surface area (Å²) in [5, 5.41) is 10.6. The van der Waals surface area contributed by atoms with E-state index >= 15 is 4.39 Å². The number of esters is 1. The van der Waals surface area contributed by atoms with Crippen molar-refractivity contribution in [3.63, 3.8) is 0 Å². The predicted octanol–water partition coefficient (Wildman–Crippen LogP) is 2.36. The molecule has 0 spiro atoms. The molecule has 1 fully saturated rings. The zero-order valence-electron chi connectivity index (χ0n) is 23.8. The van der Waals surface area contributed by atoms with Gasteiger partial charge in [-0.2, -0.15) is 4.98 Å². The van der Waals surface area contributed by atoms with Crippen LogP contribution in [0.4, 0.5) is 10.3 Å². The van der Waals surface area contributed by atoms with Crippen LogP contribution >= 0.6 is 30.0 Å². The number of anilines is 1. The number of hydrogen-bond acceptors (Lipinski definition) is 13. The van der Waals surface area contributed by atoms with Gasteiger partial charge in [-0.15, -0.1) is 0 Å². The van der Waals surface area contributed by atoms with Crippen LogP contribution in [0, 0.1) is 5.41 Å². The van der Waals surface area contributed by atoms with Gasteiger partial charge in [0.15, 0.2) is 22.5 Å². The fourth-order valence-corrected chi connectivity index (χ4v) is 7.20. The van der Waals surface area contributed by atoms with E-state index in [1.807, 2.05) is 0 Å². The summed E-state index contributed by atoms with van der Waals surface area (Å²) in [6.07, 6.45) is -4.31. The van der Waals surface area contributed by atoms with Crippen LogP contribution in [0.2, 0.25) is 0 Å². The van der Waals surface area contributed by atoms with Crippen molar-refractivity contribution in [2.24, 2.45) is 5.41 Å². The largest absolute Gasteiger partial charge is 0.462 e. The molecule has 0 aliphatic carbocycles. The lowest BCUT2D eigenvalue weighted by molar-refractivity contribution is -0.149. The Morgan fingerprint density at radius 2 is 2.07 bits per heavy atom. The smallest absolute Gasteiger partial charge is 0.323 e. The maximum absolute atomic E-state index is 15.7. The number of fused-ring (bicyclic) bond motifs is 1. The number of halogens is 2. The SMILES string of the molecule is CC(C)OC(=O)[C@@H](C)N[P@](=S)(OCCSC(=O)C(C)(C)C)OC[C@H]1O[C@@H](n2cnc3c(=O)[nH]c(N)nc32)[C@](F)(Cl)[C@@H]1O. The van der Waals surface area contributed by atoms with Crippen molar-refractivity contribution in [2.45, 2.75) is 77.3 Å². The second kappa shape index (κ2) is 13.5. The molecule has 19 heteroatoms. The Bertz CT molecular complexity index is 1400. The molecule has 3 heterocycles. The maximum atomic E-state index is 15.7. The van der Waals surface area contributed by atoms with Crippen LogP contribution < -0.4 is 16.4 Å². The van der Waals surface area contributed by atoms with Gasteiger partial charge < -0.3 is 29.4 Å². The summed E-state index contributed by atoms with van der Waals surface area (Å²) in [6, 6.07) is -0.954. The first-order valence-electron chi connectivity index (χ1n) is 12.8. The van der Waals surface area contributed by atoms with Gasteiger partial charge in [0.25, 0.3) is 17.3 Å².